The Kier molecular flexibility index (Phi) is 12.5. The average Bonchev–Trinajstić information content (AvgIpc) is 2.95. The molecule has 0 aromatic carbocycles. The smallest absolute Gasteiger partial charge is 0.305 e. The van der Waals surface area contributed by atoms with Crippen LogP contribution in [-0.2, 0) is 9.53 Å². The number of carbonyl (C=O) groups excluding carboxylic acids is 1. The third-order valence-corrected chi connectivity index (χ3v) is 5.03. The molecular weight excluding hydrogens is 356 g/mol. The van der Waals surface area contributed by atoms with Gasteiger partial charge >= 0.3 is 5.97 Å². The first kappa shape index (κ1) is 24.3. The van der Waals surface area contributed by atoms with Crippen LogP contribution in [0.4, 0.5) is 0 Å². The molecule has 158 valence electrons. The van der Waals surface area contributed by atoms with Crippen molar-refractivity contribution in [2.75, 3.05) is 7.11 Å². The molecule has 0 heterocycles. The first-order valence-corrected chi connectivity index (χ1v) is 10.2. The zero-order valence-corrected chi connectivity index (χ0v) is 17.1. The minimum atomic E-state index is -0.771. The summed E-state index contributed by atoms with van der Waals surface area (Å²) in [6.45, 7) is 2.11. The fraction of sp³-hybridized carbons (Fsp3) is 0.609. The summed E-state index contributed by atoms with van der Waals surface area (Å²) in [6.07, 6.45) is 18.4. The second-order valence-corrected chi connectivity index (χ2v) is 7.21. The highest BCUT2D eigenvalue weighted by Gasteiger charge is 2.39. The lowest BCUT2D eigenvalue weighted by Crippen LogP contribution is -2.20. The van der Waals surface area contributed by atoms with Gasteiger partial charge in [-0.05, 0) is 38.0 Å². The monoisotopic (exact) mass is 392 g/mol. The molecule has 1 fully saturated rings. The molecule has 3 N–H and O–H groups in total. The second kappa shape index (κ2) is 14.3. The van der Waals surface area contributed by atoms with Crippen LogP contribution in [0.25, 0.3) is 0 Å². The van der Waals surface area contributed by atoms with Crippen LogP contribution >= 0.6 is 0 Å². The minimum absolute atomic E-state index is 0.0771. The third-order valence-electron chi connectivity index (χ3n) is 5.03. The number of rotatable bonds is 12. The Labute approximate surface area is 169 Å². The zero-order chi connectivity index (χ0) is 20.8. The van der Waals surface area contributed by atoms with E-state index in [0.29, 0.717) is 12.8 Å². The lowest BCUT2D eigenvalue weighted by atomic mass is 9.89. The van der Waals surface area contributed by atoms with Gasteiger partial charge in [-0.3, -0.25) is 4.79 Å². The van der Waals surface area contributed by atoms with Crippen molar-refractivity contribution >= 4 is 5.97 Å². The van der Waals surface area contributed by atoms with Gasteiger partial charge in [0, 0.05) is 18.8 Å². The molecule has 0 aliphatic heterocycles. The first-order chi connectivity index (χ1) is 13.5. The fourth-order valence-electron chi connectivity index (χ4n) is 3.39. The molecule has 5 heteroatoms. The van der Waals surface area contributed by atoms with Crippen LogP contribution in [0.15, 0.2) is 48.6 Å². The van der Waals surface area contributed by atoms with E-state index in [1.165, 1.54) is 7.11 Å². The summed E-state index contributed by atoms with van der Waals surface area (Å²) in [4.78, 5) is 11.1. The van der Waals surface area contributed by atoms with Crippen molar-refractivity contribution in [3.63, 3.8) is 0 Å². The molecule has 0 spiro atoms. The molecule has 5 atom stereocenters. The molecule has 0 radical (unpaired) electrons. The lowest BCUT2D eigenvalue weighted by molar-refractivity contribution is -0.141. The molecular formula is C23H36O5. The van der Waals surface area contributed by atoms with Gasteiger partial charge in [-0.2, -0.15) is 0 Å². The maximum absolute atomic E-state index is 11.1. The Morgan fingerprint density at radius 3 is 2.36 bits per heavy atom. The highest BCUT2D eigenvalue weighted by molar-refractivity contribution is 5.69. The number of hydrogen-bond acceptors (Lipinski definition) is 5. The number of aliphatic hydroxyl groups excluding tert-OH is 3. The molecule has 0 aromatic rings. The second-order valence-electron chi connectivity index (χ2n) is 7.21. The van der Waals surface area contributed by atoms with E-state index < -0.39 is 18.3 Å². The molecule has 1 rings (SSSR count). The van der Waals surface area contributed by atoms with E-state index >= 15 is 0 Å². The number of esters is 1. The van der Waals surface area contributed by atoms with E-state index in [-0.39, 0.29) is 30.6 Å². The van der Waals surface area contributed by atoms with E-state index in [1.807, 2.05) is 6.08 Å². The highest BCUT2D eigenvalue weighted by atomic mass is 16.5. The maximum atomic E-state index is 11.1. The molecule has 1 aliphatic rings. The normalized spacial score (nSPS) is 26.9. The van der Waals surface area contributed by atoms with Crippen molar-refractivity contribution in [1.82, 2.24) is 0 Å². The quantitative estimate of drug-likeness (QED) is 0.350. The van der Waals surface area contributed by atoms with E-state index in [0.717, 1.165) is 19.3 Å². The minimum Gasteiger partial charge on any atom is -0.469 e. The summed E-state index contributed by atoms with van der Waals surface area (Å²) in [5.74, 6) is -0.642. The summed E-state index contributed by atoms with van der Waals surface area (Å²) >= 11 is 0. The summed E-state index contributed by atoms with van der Waals surface area (Å²) < 4.78 is 4.56. The predicted octanol–water partition coefficient (Wildman–Crippen LogP) is 3.46. The van der Waals surface area contributed by atoms with Gasteiger partial charge in [0.05, 0.1) is 25.4 Å². The Bertz CT molecular complexity index is 549. The Morgan fingerprint density at radius 2 is 1.71 bits per heavy atom. The molecule has 0 aromatic heterocycles. The van der Waals surface area contributed by atoms with Crippen LogP contribution in [0.3, 0.4) is 0 Å². The molecule has 1 saturated carbocycles. The number of carbonyl (C=O) groups is 1. The first-order valence-electron chi connectivity index (χ1n) is 10.2. The van der Waals surface area contributed by atoms with Gasteiger partial charge in [0.1, 0.15) is 0 Å². The van der Waals surface area contributed by atoms with Crippen molar-refractivity contribution in [2.24, 2.45) is 11.8 Å². The topological polar surface area (TPSA) is 87.0 Å². The predicted molar refractivity (Wildman–Crippen MR) is 112 cm³/mol. The highest BCUT2D eigenvalue weighted by Crippen LogP contribution is 2.36. The molecule has 1 aliphatic carbocycles. The van der Waals surface area contributed by atoms with E-state index in [2.05, 4.69) is 42.0 Å². The van der Waals surface area contributed by atoms with Crippen molar-refractivity contribution < 1.29 is 24.9 Å². The Morgan fingerprint density at radius 1 is 1.07 bits per heavy atom. The van der Waals surface area contributed by atoms with Crippen molar-refractivity contribution in [3.05, 3.63) is 48.6 Å². The maximum Gasteiger partial charge on any atom is 0.305 e. The van der Waals surface area contributed by atoms with Crippen molar-refractivity contribution in [2.45, 2.75) is 70.2 Å². The average molecular weight is 393 g/mol. The van der Waals surface area contributed by atoms with Crippen LogP contribution in [0.1, 0.15) is 51.9 Å². The Balaban J connectivity index is 2.47. The lowest BCUT2D eigenvalue weighted by Gasteiger charge is -2.19. The van der Waals surface area contributed by atoms with Crippen LogP contribution in [0, 0.1) is 11.8 Å². The number of hydrogen-bond donors (Lipinski definition) is 3. The molecule has 28 heavy (non-hydrogen) atoms. The number of aliphatic hydroxyl groups is 3. The summed E-state index contributed by atoms with van der Waals surface area (Å²) in [6, 6.07) is 0. The summed E-state index contributed by atoms with van der Waals surface area (Å²) in [5, 5.41) is 30.5. The summed E-state index contributed by atoms with van der Waals surface area (Å²) in [5.41, 5.74) is 0. The third kappa shape index (κ3) is 9.49. The van der Waals surface area contributed by atoms with Gasteiger partial charge in [0.2, 0.25) is 0 Å². The van der Waals surface area contributed by atoms with Gasteiger partial charge in [-0.25, -0.2) is 0 Å². The SMILES string of the molecule is CC/C=C\C/C=C\C/C=C\C[C@@H]1[C@H](/C=C/C(O)CCC(=O)OC)[C@@H](O)C[C@H]1O. The Hall–Kier alpha value is -1.69. The zero-order valence-electron chi connectivity index (χ0n) is 17.1. The van der Waals surface area contributed by atoms with Crippen LogP contribution in [0.5, 0.6) is 0 Å². The van der Waals surface area contributed by atoms with Crippen molar-refractivity contribution in [3.8, 4) is 0 Å². The van der Waals surface area contributed by atoms with Crippen LogP contribution in [-0.4, -0.2) is 46.7 Å². The van der Waals surface area contributed by atoms with E-state index in [1.54, 1.807) is 12.2 Å². The molecule has 0 saturated heterocycles. The molecule has 5 nitrogen and oxygen atoms in total. The summed E-state index contributed by atoms with van der Waals surface area (Å²) in [7, 11) is 1.32. The van der Waals surface area contributed by atoms with Gasteiger partial charge in [-0.1, -0.05) is 55.5 Å². The number of ether oxygens (including phenoxy) is 1. The molecule has 0 bridgehead atoms. The number of allylic oxidation sites excluding steroid dienone is 6. The van der Waals surface area contributed by atoms with Gasteiger partial charge < -0.3 is 20.1 Å². The largest absolute Gasteiger partial charge is 0.469 e. The van der Waals surface area contributed by atoms with Crippen LogP contribution in [0.2, 0.25) is 0 Å². The van der Waals surface area contributed by atoms with Crippen molar-refractivity contribution in [1.29, 1.82) is 0 Å². The molecule has 1 unspecified atom stereocenters. The van der Waals surface area contributed by atoms with Gasteiger partial charge in [0.15, 0.2) is 0 Å². The van der Waals surface area contributed by atoms with Crippen LogP contribution < -0.4 is 0 Å². The number of methoxy groups -OCH3 is 1. The standard InChI is InChI=1S/C23H36O5/c1-3-4-5-6-7-8-9-10-11-12-19-20(22(26)17-21(19)25)15-13-18(24)14-16-23(27)28-2/h4-5,7-8,10-11,13,15,18-22,24-26H,3,6,9,12,14,16-17H2,1-2H3/b5-4-,8-7-,11-10-,15-13+/t18?,19-,20+,21-,22+/m1/s1. The van der Waals surface area contributed by atoms with Gasteiger partial charge in [0.25, 0.3) is 0 Å². The van der Waals surface area contributed by atoms with Gasteiger partial charge in [-0.15, -0.1) is 0 Å². The fourth-order valence-corrected chi connectivity index (χ4v) is 3.39. The van der Waals surface area contributed by atoms with E-state index in [4.69, 9.17) is 0 Å². The molecule has 0 amide bonds. The van der Waals surface area contributed by atoms with E-state index in [9.17, 15) is 20.1 Å².